The zero-order valence-electron chi connectivity index (χ0n) is 23.2. The van der Waals surface area contributed by atoms with Gasteiger partial charge < -0.3 is 29.3 Å². The van der Waals surface area contributed by atoms with Crippen LogP contribution in [0.2, 0.25) is 0 Å². The van der Waals surface area contributed by atoms with Gasteiger partial charge in [0.15, 0.2) is 0 Å². The number of anilines is 1. The van der Waals surface area contributed by atoms with E-state index in [1.54, 1.807) is 37.3 Å². The maximum atomic E-state index is 13.6. The molecule has 0 saturated carbocycles. The Morgan fingerprint density at radius 3 is 2.44 bits per heavy atom. The highest BCUT2D eigenvalue weighted by atomic mass is 16.5. The summed E-state index contributed by atoms with van der Waals surface area (Å²) in [6.07, 6.45) is 1.06. The van der Waals surface area contributed by atoms with Crippen molar-refractivity contribution in [3.05, 3.63) is 59.7 Å². The van der Waals surface area contributed by atoms with Crippen molar-refractivity contribution in [3.63, 3.8) is 0 Å². The largest absolute Gasteiger partial charge is 0.491 e. The van der Waals surface area contributed by atoms with Crippen LogP contribution in [-0.4, -0.2) is 86.7 Å². The van der Waals surface area contributed by atoms with Gasteiger partial charge in [0.1, 0.15) is 12.4 Å². The molecular weight excluding hydrogens is 498 g/mol. The molecule has 0 aromatic heterocycles. The second-order valence-corrected chi connectivity index (χ2v) is 10.5. The van der Waals surface area contributed by atoms with Gasteiger partial charge in [-0.2, -0.15) is 0 Å². The lowest BCUT2D eigenvalue weighted by molar-refractivity contribution is -0.122. The molecular formula is C30H39N3O6. The highest BCUT2D eigenvalue weighted by Gasteiger charge is 2.31. The summed E-state index contributed by atoms with van der Waals surface area (Å²) in [5.74, 6) is -0.160. The number of benzene rings is 2. The summed E-state index contributed by atoms with van der Waals surface area (Å²) in [7, 11) is 3.35. The lowest BCUT2D eigenvalue weighted by atomic mass is 9.99. The van der Waals surface area contributed by atoms with E-state index in [1.807, 2.05) is 49.1 Å². The molecule has 210 valence electrons. The van der Waals surface area contributed by atoms with Crippen molar-refractivity contribution in [1.82, 2.24) is 9.80 Å². The second-order valence-electron chi connectivity index (χ2n) is 10.5. The molecule has 0 radical (unpaired) electrons. The van der Waals surface area contributed by atoms with Crippen molar-refractivity contribution < 1.29 is 28.6 Å². The third-order valence-corrected chi connectivity index (χ3v) is 7.59. The highest BCUT2D eigenvalue weighted by molar-refractivity contribution is 6.00. The maximum Gasteiger partial charge on any atom is 0.257 e. The van der Waals surface area contributed by atoms with Gasteiger partial charge in [0.25, 0.3) is 11.8 Å². The molecule has 4 rings (SSSR count). The fourth-order valence-electron chi connectivity index (χ4n) is 5.09. The van der Waals surface area contributed by atoms with Gasteiger partial charge in [-0.05, 0) is 50.1 Å². The first-order chi connectivity index (χ1) is 18.8. The lowest BCUT2D eigenvalue weighted by Gasteiger charge is -2.36. The number of nitrogens with zero attached hydrogens (tertiary/aromatic N) is 2. The average molecular weight is 538 g/mol. The fraction of sp³-hybridized carbons (Fsp3) is 0.500. The van der Waals surface area contributed by atoms with E-state index in [9.17, 15) is 14.4 Å². The Balaban J connectivity index is 1.62. The molecule has 39 heavy (non-hydrogen) atoms. The number of rotatable bonds is 4. The van der Waals surface area contributed by atoms with Gasteiger partial charge >= 0.3 is 0 Å². The number of likely N-dealkylation sites (N-methyl/N-ethyl adjacent to an activating group) is 1. The molecule has 1 N–H and O–H groups in total. The SMILES string of the molecule is CO[C@@H]1CN(C)C(=O)c2cc(NC(=O)C3CCOCC3)ccc2OC[C@@H](C)N(C(=O)c2ccccc2)C[C@H]1C. The Morgan fingerprint density at radius 1 is 1.03 bits per heavy atom. The number of hydrogen-bond acceptors (Lipinski definition) is 6. The van der Waals surface area contributed by atoms with Gasteiger partial charge in [-0.15, -0.1) is 0 Å². The van der Waals surface area contributed by atoms with Gasteiger partial charge in [-0.3, -0.25) is 14.4 Å². The molecule has 1 saturated heterocycles. The summed E-state index contributed by atoms with van der Waals surface area (Å²) in [6, 6.07) is 14.0. The molecule has 2 aromatic carbocycles. The van der Waals surface area contributed by atoms with Crippen LogP contribution in [0.4, 0.5) is 5.69 Å². The van der Waals surface area contributed by atoms with E-state index < -0.39 is 0 Å². The van der Waals surface area contributed by atoms with Crippen molar-refractivity contribution >= 4 is 23.4 Å². The average Bonchev–Trinajstić information content (AvgIpc) is 2.97. The molecule has 3 amide bonds. The normalized spacial score (nSPS) is 23.2. The maximum absolute atomic E-state index is 13.6. The van der Waals surface area contributed by atoms with Crippen molar-refractivity contribution in [2.45, 2.75) is 38.8 Å². The Morgan fingerprint density at radius 2 is 1.74 bits per heavy atom. The van der Waals surface area contributed by atoms with Crippen LogP contribution in [0.5, 0.6) is 5.75 Å². The summed E-state index contributed by atoms with van der Waals surface area (Å²) in [6.45, 7) is 6.08. The molecule has 0 bridgehead atoms. The molecule has 2 aromatic rings. The minimum atomic E-state index is -0.294. The van der Waals surface area contributed by atoms with Crippen LogP contribution in [0.25, 0.3) is 0 Å². The first-order valence-electron chi connectivity index (χ1n) is 13.6. The Bertz CT molecular complexity index is 1150. The van der Waals surface area contributed by atoms with Crippen molar-refractivity contribution in [1.29, 1.82) is 0 Å². The zero-order valence-corrected chi connectivity index (χ0v) is 23.2. The molecule has 3 atom stereocenters. The molecule has 0 aliphatic carbocycles. The van der Waals surface area contributed by atoms with Crippen LogP contribution in [0.15, 0.2) is 48.5 Å². The van der Waals surface area contributed by atoms with Crippen LogP contribution in [0.1, 0.15) is 47.4 Å². The number of amides is 3. The van der Waals surface area contributed by atoms with E-state index in [4.69, 9.17) is 14.2 Å². The van der Waals surface area contributed by atoms with E-state index in [0.717, 1.165) is 0 Å². The van der Waals surface area contributed by atoms with Gasteiger partial charge in [0.2, 0.25) is 5.91 Å². The van der Waals surface area contributed by atoms with Crippen LogP contribution in [-0.2, 0) is 14.3 Å². The van der Waals surface area contributed by atoms with E-state index in [1.165, 1.54) is 0 Å². The van der Waals surface area contributed by atoms with Crippen LogP contribution < -0.4 is 10.1 Å². The summed E-state index contributed by atoms with van der Waals surface area (Å²) >= 11 is 0. The quantitative estimate of drug-likeness (QED) is 0.639. The number of nitrogens with one attached hydrogen (secondary N) is 1. The molecule has 1 fully saturated rings. The number of carbonyl (C=O) groups is 3. The van der Waals surface area contributed by atoms with Gasteiger partial charge in [-0.25, -0.2) is 0 Å². The molecule has 2 aliphatic heterocycles. The minimum absolute atomic E-state index is 0.0515. The molecule has 0 unspecified atom stereocenters. The smallest absolute Gasteiger partial charge is 0.257 e. The summed E-state index contributed by atoms with van der Waals surface area (Å²) in [5.41, 5.74) is 1.49. The Labute approximate surface area is 230 Å². The topological polar surface area (TPSA) is 97.4 Å². The third kappa shape index (κ3) is 6.96. The number of methoxy groups -OCH3 is 1. The first-order valence-corrected chi connectivity index (χ1v) is 13.6. The minimum Gasteiger partial charge on any atom is -0.491 e. The van der Waals surface area contributed by atoms with Crippen molar-refractivity contribution in [3.8, 4) is 5.75 Å². The molecule has 9 nitrogen and oxygen atoms in total. The van der Waals surface area contributed by atoms with Gasteiger partial charge in [0.05, 0.1) is 17.7 Å². The zero-order chi connectivity index (χ0) is 27.9. The van der Waals surface area contributed by atoms with Crippen LogP contribution >= 0.6 is 0 Å². The summed E-state index contributed by atoms with van der Waals surface area (Å²) in [4.78, 5) is 43.4. The lowest BCUT2D eigenvalue weighted by Crippen LogP contribution is -2.48. The van der Waals surface area contributed by atoms with E-state index in [2.05, 4.69) is 5.32 Å². The predicted molar refractivity (Wildman–Crippen MR) is 148 cm³/mol. The van der Waals surface area contributed by atoms with E-state index in [0.29, 0.717) is 61.7 Å². The highest BCUT2D eigenvalue weighted by Crippen LogP contribution is 2.28. The third-order valence-electron chi connectivity index (χ3n) is 7.59. The summed E-state index contributed by atoms with van der Waals surface area (Å²) in [5, 5.41) is 2.96. The standard InChI is InChI=1S/C30H39N3O6/c1-20-17-33(29(35)23-8-6-5-7-9-23)21(2)19-39-26-11-10-24(31-28(34)22-12-14-38-15-13-22)16-25(26)30(36)32(3)18-27(20)37-4/h5-11,16,20-22,27H,12-15,17-19H2,1-4H3,(H,31,34)/t20-,21-,27-/m1/s1. The monoisotopic (exact) mass is 537 g/mol. The molecule has 0 spiro atoms. The first kappa shape index (κ1) is 28.6. The number of ether oxygens (including phenoxy) is 3. The van der Waals surface area contributed by atoms with Crippen molar-refractivity contribution in [2.24, 2.45) is 11.8 Å². The summed E-state index contributed by atoms with van der Waals surface area (Å²) < 4.78 is 17.3. The second kappa shape index (κ2) is 13.1. The fourth-order valence-corrected chi connectivity index (χ4v) is 5.09. The van der Waals surface area contributed by atoms with Crippen LogP contribution in [0, 0.1) is 11.8 Å². The van der Waals surface area contributed by atoms with E-state index >= 15 is 0 Å². The molecule has 2 heterocycles. The molecule has 2 aliphatic rings. The predicted octanol–water partition coefficient (Wildman–Crippen LogP) is 3.70. The number of fused-ring (bicyclic) bond motifs is 1. The van der Waals surface area contributed by atoms with Crippen molar-refractivity contribution in [2.75, 3.05) is 52.4 Å². The van der Waals surface area contributed by atoms with Crippen LogP contribution in [0.3, 0.4) is 0 Å². The van der Waals surface area contributed by atoms with Gasteiger partial charge in [0, 0.05) is 63.5 Å². The van der Waals surface area contributed by atoms with Gasteiger partial charge in [-0.1, -0.05) is 25.1 Å². The Kier molecular flexibility index (Phi) is 9.59. The number of carbonyl (C=O) groups excluding carboxylic acids is 3. The molecule has 9 heteroatoms. The Hall–Kier alpha value is -3.43. The van der Waals surface area contributed by atoms with E-state index in [-0.39, 0.29) is 48.3 Å². The number of hydrogen-bond donors (Lipinski definition) is 1.